The molecule has 0 rings (SSSR count). The Hall–Kier alpha value is -1.33. The highest BCUT2D eigenvalue weighted by Gasteiger charge is 2.16. The average Bonchev–Trinajstić information content (AvgIpc) is 2.23. The molecular weight excluding hydrogens is 261 g/mol. The van der Waals surface area contributed by atoms with Crippen LogP contribution in [0.5, 0.6) is 0 Å². The summed E-state index contributed by atoms with van der Waals surface area (Å²) in [5.41, 5.74) is -0.202. The molecule has 1 atom stereocenters. The topological polar surface area (TPSA) is 102 Å². The van der Waals surface area contributed by atoms with Gasteiger partial charge in [-0.25, -0.2) is 9.59 Å². The summed E-state index contributed by atoms with van der Waals surface area (Å²) in [7, 11) is -3.31. The van der Waals surface area contributed by atoms with Gasteiger partial charge in [-0.2, -0.15) is 0 Å². The van der Waals surface area contributed by atoms with E-state index in [9.17, 15) is 14.2 Å². The first-order valence-corrected chi connectivity index (χ1v) is 7.69. The van der Waals surface area contributed by atoms with Gasteiger partial charge in [0.05, 0.1) is 13.2 Å². The number of hydrogen-bond donors (Lipinski definition) is 2. The molecule has 0 bridgehead atoms. The maximum Gasteiger partial charge on any atom is 0.411 e. The Morgan fingerprint density at radius 2 is 1.83 bits per heavy atom. The monoisotopic (exact) mass is 279 g/mol. The molecule has 0 fully saturated rings. The molecule has 1 amide bonds. The van der Waals surface area contributed by atoms with E-state index in [0.717, 1.165) is 12.7 Å². The molecule has 0 aromatic heterocycles. The first kappa shape index (κ1) is 16.7. The second-order valence-corrected chi connectivity index (χ2v) is 5.88. The second kappa shape index (κ2) is 7.89. The average molecular weight is 279 g/mol. The van der Waals surface area contributed by atoms with Crippen molar-refractivity contribution < 1.29 is 28.5 Å². The van der Waals surface area contributed by atoms with Gasteiger partial charge in [-0.05, 0) is 19.9 Å². The summed E-state index contributed by atoms with van der Waals surface area (Å²) in [6.45, 7) is 4.65. The molecule has 0 saturated carbocycles. The molecule has 0 aliphatic carbocycles. The zero-order chi connectivity index (χ0) is 14.2. The maximum atomic E-state index is 11.5. The van der Waals surface area contributed by atoms with Crippen LogP contribution < -0.4 is 5.32 Å². The molecular formula is C10H18NO6P. The van der Waals surface area contributed by atoms with Gasteiger partial charge >= 0.3 is 12.1 Å². The molecule has 0 radical (unpaired) electrons. The third-order valence-electron chi connectivity index (χ3n) is 1.64. The molecule has 0 spiro atoms. The predicted octanol–water partition coefficient (Wildman–Crippen LogP) is 1.08. The van der Waals surface area contributed by atoms with Crippen molar-refractivity contribution in [2.24, 2.45) is 0 Å². The van der Waals surface area contributed by atoms with Crippen molar-refractivity contribution >= 4 is 19.4 Å². The van der Waals surface area contributed by atoms with Crippen LogP contribution in [0.25, 0.3) is 0 Å². The lowest BCUT2D eigenvalue weighted by Gasteiger charge is -2.09. The SMILES string of the molecule is CCOC(=O)N/C(=C\CP(C)(=O)O)C(=O)OCC. The quantitative estimate of drug-likeness (QED) is 0.428. The summed E-state index contributed by atoms with van der Waals surface area (Å²) in [6, 6.07) is 0. The number of allylic oxidation sites excluding steroid dienone is 1. The normalized spacial score (nSPS) is 14.6. The number of rotatable bonds is 6. The summed E-state index contributed by atoms with van der Waals surface area (Å²) >= 11 is 0. The second-order valence-electron chi connectivity index (χ2n) is 3.42. The summed E-state index contributed by atoms with van der Waals surface area (Å²) < 4.78 is 20.4. The van der Waals surface area contributed by atoms with Crippen LogP contribution in [0.2, 0.25) is 0 Å². The van der Waals surface area contributed by atoms with Gasteiger partial charge < -0.3 is 14.4 Å². The number of nitrogens with one attached hydrogen (secondary N) is 1. The number of ether oxygens (including phenoxy) is 2. The lowest BCUT2D eigenvalue weighted by atomic mass is 10.4. The molecule has 8 heteroatoms. The van der Waals surface area contributed by atoms with Crippen molar-refractivity contribution in [2.75, 3.05) is 26.0 Å². The van der Waals surface area contributed by atoms with Crippen LogP contribution >= 0.6 is 7.37 Å². The van der Waals surface area contributed by atoms with E-state index in [0.29, 0.717) is 0 Å². The molecule has 0 aliphatic rings. The van der Waals surface area contributed by atoms with E-state index in [-0.39, 0.29) is 25.1 Å². The number of carbonyl (C=O) groups excluding carboxylic acids is 2. The van der Waals surface area contributed by atoms with Crippen molar-refractivity contribution in [1.82, 2.24) is 5.32 Å². The highest BCUT2D eigenvalue weighted by atomic mass is 31.2. The van der Waals surface area contributed by atoms with Crippen LogP contribution in [0.3, 0.4) is 0 Å². The minimum Gasteiger partial charge on any atom is -0.461 e. The van der Waals surface area contributed by atoms with Gasteiger partial charge in [-0.15, -0.1) is 0 Å². The van der Waals surface area contributed by atoms with Crippen LogP contribution in [0.15, 0.2) is 11.8 Å². The van der Waals surface area contributed by atoms with Crippen LogP contribution in [0.1, 0.15) is 13.8 Å². The molecule has 0 aromatic rings. The standard InChI is InChI=1S/C10H18NO6P/c1-4-16-9(12)8(6-7-18(3,14)15)11-10(13)17-5-2/h6H,4-5,7H2,1-3H3,(H,11,13)(H,14,15)/b8-6-. The van der Waals surface area contributed by atoms with Crippen molar-refractivity contribution in [3.05, 3.63) is 11.8 Å². The highest BCUT2D eigenvalue weighted by molar-refractivity contribution is 7.57. The van der Waals surface area contributed by atoms with Gasteiger partial charge in [0.1, 0.15) is 5.70 Å². The molecule has 0 aliphatic heterocycles. The molecule has 1 unspecified atom stereocenters. The smallest absolute Gasteiger partial charge is 0.411 e. The molecule has 2 N–H and O–H groups in total. The third-order valence-corrected chi connectivity index (χ3v) is 2.50. The largest absolute Gasteiger partial charge is 0.461 e. The zero-order valence-electron chi connectivity index (χ0n) is 10.6. The molecule has 0 saturated heterocycles. The molecule has 18 heavy (non-hydrogen) atoms. The zero-order valence-corrected chi connectivity index (χ0v) is 11.5. The van der Waals surface area contributed by atoms with Gasteiger partial charge in [0.15, 0.2) is 0 Å². The van der Waals surface area contributed by atoms with Gasteiger partial charge in [-0.1, -0.05) is 0 Å². The van der Waals surface area contributed by atoms with Crippen LogP contribution in [0.4, 0.5) is 4.79 Å². The predicted molar refractivity (Wildman–Crippen MR) is 65.5 cm³/mol. The van der Waals surface area contributed by atoms with E-state index in [2.05, 4.69) is 10.1 Å². The number of carbonyl (C=O) groups is 2. The number of esters is 1. The minimum absolute atomic E-state index is 0.129. The fourth-order valence-electron chi connectivity index (χ4n) is 0.932. The van der Waals surface area contributed by atoms with E-state index < -0.39 is 19.4 Å². The first-order valence-electron chi connectivity index (χ1n) is 5.40. The van der Waals surface area contributed by atoms with E-state index in [1.165, 1.54) is 0 Å². The molecule has 0 heterocycles. The highest BCUT2D eigenvalue weighted by Crippen LogP contribution is 2.34. The summed E-state index contributed by atoms with van der Waals surface area (Å²) in [5.74, 6) is -0.779. The van der Waals surface area contributed by atoms with Gasteiger partial charge in [0.2, 0.25) is 7.37 Å². The Morgan fingerprint density at radius 3 is 2.28 bits per heavy atom. The Kier molecular flexibility index (Phi) is 7.31. The summed E-state index contributed by atoms with van der Waals surface area (Å²) in [5, 5.41) is 2.17. The lowest BCUT2D eigenvalue weighted by Crippen LogP contribution is -2.29. The van der Waals surface area contributed by atoms with Crippen LogP contribution in [-0.2, 0) is 18.8 Å². The number of amides is 1. The van der Waals surface area contributed by atoms with Crippen LogP contribution in [0, 0.1) is 0 Å². The number of hydrogen-bond acceptors (Lipinski definition) is 5. The summed E-state index contributed by atoms with van der Waals surface area (Å²) in [6.07, 6.45) is 0.0872. The van der Waals surface area contributed by atoms with Crippen LogP contribution in [-0.4, -0.2) is 43.0 Å². The van der Waals surface area contributed by atoms with E-state index in [4.69, 9.17) is 9.63 Å². The Bertz CT molecular complexity index is 373. The van der Waals surface area contributed by atoms with E-state index in [1.54, 1.807) is 13.8 Å². The van der Waals surface area contributed by atoms with Crippen molar-refractivity contribution in [3.8, 4) is 0 Å². The summed E-state index contributed by atoms with van der Waals surface area (Å²) in [4.78, 5) is 31.8. The molecule has 0 aromatic carbocycles. The third kappa shape index (κ3) is 7.86. The molecule has 104 valence electrons. The van der Waals surface area contributed by atoms with Crippen molar-refractivity contribution in [2.45, 2.75) is 13.8 Å². The minimum atomic E-state index is -3.31. The van der Waals surface area contributed by atoms with Crippen molar-refractivity contribution in [1.29, 1.82) is 0 Å². The van der Waals surface area contributed by atoms with E-state index in [1.807, 2.05) is 0 Å². The Balaban J connectivity index is 4.77. The van der Waals surface area contributed by atoms with Crippen molar-refractivity contribution in [3.63, 3.8) is 0 Å². The fraction of sp³-hybridized carbons (Fsp3) is 0.600. The fourth-order valence-corrected chi connectivity index (χ4v) is 1.45. The maximum absolute atomic E-state index is 11.5. The first-order chi connectivity index (χ1) is 8.30. The lowest BCUT2D eigenvalue weighted by molar-refractivity contribution is -0.138. The van der Waals surface area contributed by atoms with Gasteiger partial charge in [0, 0.05) is 12.8 Å². The van der Waals surface area contributed by atoms with E-state index >= 15 is 0 Å². The van der Waals surface area contributed by atoms with Gasteiger partial charge in [0.25, 0.3) is 0 Å². The number of alkyl carbamates (subject to hydrolysis) is 1. The Labute approximate surface area is 106 Å². The molecule has 7 nitrogen and oxygen atoms in total. The van der Waals surface area contributed by atoms with Gasteiger partial charge in [-0.3, -0.25) is 9.88 Å². The Morgan fingerprint density at radius 1 is 1.28 bits per heavy atom.